The molecule has 0 radical (unpaired) electrons. The topological polar surface area (TPSA) is 53.9 Å². The van der Waals surface area contributed by atoms with E-state index in [9.17, 15) is 0 Å². The van der Waals surface area contributed by atoms with Gasteiger partial charge in [0.05, 0.1) is 0 Å². The zero-order valence-corrected chi connectivity index (χ0v) is 13.8. The van der Waals surface area contributed by atoms with Crippen LogP contribution in [0.15, 0.2) is 27.7 Å². The molecule has 108 valence electrons. The molecule has 0 amide bonds. The van der Waals surface area contributed by atoms with Gasteiger partial charge in [-0.3, -0.25) is 0 Å². The van der Waals surface area contributed by atoms with E-state index in [2.05, 4.69) is 40.4 Å². The summed E-state index contributed by atoms with van der Waals surface area (Å²) in [5, 5.41) is 13.7. The Morgan fingerprint density at radius 2 is 2.15 bits per heavy atom. The number of nitrogens with zero attached hydrogens (tertiary/aromatic N) is 4. The highest BCUT2D eigenvalue weighted by molar-refractivity contribution is 8.01. The van der Waals surface area contributed by atoms with Crippen LogP contribution in [-0.2, 0) is 6.54 Å². The molecule has 0 atom stereocenters. The van der Waals surface area contributed by atoms with E-state index < -0.39 is 0 Å². The number of nitrogens with one attached hydrogen (secondary N) is 1. The van der Waals surface area contributed by atoms with Crippen LogP contribution < -0.4 is 10.2 Å². The summed E-state index contributed by atoms with van der Waals surface area (Å²) in [5.74, 6) is 0. The standard InChI is InChI=1S/C13H19N5S2/c1-9(2)15-8-10-6-5-7-14-11(10)19-13-17-16-12(20-13)18(3)4/h5-7,9,15H,8H2,1-4H3. The Morgan fingerprint density at radius 3 is 2.80 bits per heavy atom. The number of anilines is 1. The largest absolute Gasteiger partial charge is 0.353 e. The SMILES string of the molecule is CC(C)NCc1cccnc1Sc1nnc(N(C)C)s1. The smallest absolute Gasteiger partial charge is 0.208 e. The van der Waals surface area contributed by atoms with E-state index in [0.29, 0.717) is 6.04 Å². The normalized spacial score (nSPS) is 11.1. The van der Waals surface area contributed by atoms with Gasteiger partial charge in [0.2, 0.25) is 5.13 Å². The molecule has 20 heavy (non-hydrogen) atoms. The molecule has 0 saturated heterocycles. The zero-order valence-electron chi connectivity index (χ0n) is 12.1. The summed E-state index contributed by atoms with van der Waals surface area (Å²) in [4.78, 5) is 6.41. The van der Waals surface area contributed by atoms with Gasteiger partial charge in [-0.25, -0.2) is 4.98 Å². The third-order valence-corrected chi connectivity index (χ3v) is 4.72. The van der Waals surface area contributed by atoms with Crippen molar-refractivity contribution < 1.29 is 0 Å². The van der Waals surface area contributed by atoms with E-state index in [4.69, 9.17) is 0 Å². The molecule has 0 spiro atoms. The predicted octanol–water partition coefficient (Wildman–Crippen LogP) is 2.65. The Hall–Kier alpha value is -1.18. The van der Waals surface area contributed by atoms with Gasteiger partial charge in [0, 0.05) is 32.9 Å². The van der Waals surface area contributed by atoms with Gasteiger partial charge in [0.15, 0.2) is 4.34 Å². The van der Waals surface area contributed by atoms with E-state index in [1.165, 1.54) is 5.56 Å². The van der Waals surface area contributed by atoms with Crippen LogP contribution in [-0.4, -0.2) is 35.3 Å². The van der Waals surface area contributed by atoms with Gasteiger partial charge in [0.1, 0.15) is 5.03 Å². The van der Waals surface area contributed by atoms with Gasteiger partial charge >= 0.3 is 0 Å². The molecule has 2 aromatic heterocycles. The molecule has 2 heterocycles. The lowest BCUT2D eigenvalue weighted by Gasteiger charge is -2.10. The summed E-state index contributed by atoms with van der Waals surface area (Å²) in [6.07, 6.45) is 1.81. The van der Waals surface area contributed by atoms with Crippen molar-refractivity contribution in [1.29, 1.82) is 0 Å². The van der Waals surface area contributed by atoms with Crippen LogP contribution in [0.1, 0.15) is 19.4 Å². The Morgan fingerprint density at radius 1 is 1.35 bits per heavy atom. The molecular weight excluding hydrogens is 290 g/mol. The lowest BCUT2D eigenvalue weighted by molar-refractivity contribution is 0.582. The fourth-order valence-corrected chi connectivity index (χ4v) is 3.23. The first-order valence-corrected chi connectivity index (χ1v) is 8.05. The van der Waals surface area contributed by atoms with Crippen LogP contribution in [0.2, 0.25) is 0 Å². The van der Waals surface area contributed by atoms with E-state index in [1.807, 2.05) is 31.3 Å². The van der Waals surface area contributed by atoms with E-state index in [1.54, 1.807) is 23.1 Å². The minimum Gasteiger partial charge on any atom is -0.353 e. The summed E-state index contributed by atoms with van der Waals surface area (Å²) in [7, 11) is 3.93. The molecule has 0 aliphatic rings. The number of hydrogen-bond donors (Lipinski definition) is 1. The molecule has 0 unspecified atom stereocenters. The molecule has 0 fully saturated rings. The van der Waals surface area contributed by atoms with Crippen molar-refractivity contribution in [3.05, 3.63) is 23.9 Å². The first-order valence-electron chi connectivity index (χ1n) is 6.42. The third-order valence-electron chi connectivity index (χ3n) is 2.51. The van der Waals surface area contributed by atoms with E-state index in [0.717, 1.165) is 21.0 Å². The fraction of sp³-hybridized carbons (Fsp3) is 0.462. The lowest BCUT2D eigenvalue weighted by Crippen LogP contribution is -2.22. The van der Waals surface area contributed by atoms with Crippen molar-refractivity contribution in [2.75, 3.05) is 19.0 Å². The molecule has 0 bridgehead atoms. The first-order chi connectivity index (χ1) is 9.56. The van der Waals surface area contributed by atoms with Crippen molar-refractivity contribution in [2.24, 2.45) is 0 Å². The second-order valence-electron chi connectivity index (χ2n) is 4.85. The summed E-state index contributed by atoms with van der Waals surface area (Å²) in [5.41, 5.74) is 1.19. The Bertz CT molecular complexity index is 553. The van der Waals surface area contributed by atoms with Crippen molar-refractivity contribution in [3.8, 4) is 0 Å². The number of hydrogen-bond acceptors (Lipinski definition) is 7. The monoisotopic (exact) mass is 309 g/mol. The number of rotatable bonds is 6. The van der Waals surface area contributed by atoms with Gasteiger partial charge in [-0.05, 0) is 23.4 Å². The highest BCUT2D eigenvalue weighted by Crippen LogP contribution is 2.33. The molecule has 2 rings (SSSR count). The van der Waals surface area contributed by atoms with E-state index >= 15 is 0 Å². The van der Waals surface area contributed by atoms with Gasteiger partial charge in [-0.2, -0.15) is 0 Å². The summed E-state index contributed by atoms with van der Waals surface area (Å²) in [6.45, 7) is 5.09. The van der Waals surface area contributed by atoms with Crippen molar-refractivity contribution in [3.63, 3.8) is 0 Å². The number of aromatic nitrogens is 3. The molecule has 7 heteroatoms. The Balaban J connectivity index is 2.11. The molecule has 0 aliphatic heterocycles. The zero-order chi connectivity index (χ0) is 14.5. The molecule has 2 aromatic rings. The third kappa shape index (κ3) is 4.16. The van der Waals surface area contributed by atoms with Crippen molar-refractivity contribution >= 4 is 28.2 Å². The Kier molecular flexibility index (Phi) is 5.33. The molecular formula is C13H19N5S2. The summed E-state index contributed by atoms with van der Waals surface area (Å²) in [6, 6.07) is 4.51. The van der Waals surface area contributed by atoms with Crippen LogP contribution in [0, 0.1) is 0 Å². The van der Waals surface area contributed by atoms with Crippen molar-refractivity contribution in [1.82, 2.24) is 20.5 Å². The second kappa shape index (κ2) is 7.01. The van der Waals surface area contributed by atoms with Gasteiger partial charge < -0.3 is 10.2 Å². The van der Waals surface area contributed by atoms with Crippen LogP contribution >= 0.6 is 23.1 Å². The fourth-order valence-electron chi connectivity index (χ4n) is 1.47. The minimum absolute atomic E-state index is 0.454. The lowest BCUT2D eigenvalue weighted by atomic mass is 10.2. The molecule has 0 aromatic carbocycles. The first kappa shape index (κ1) is 15.2. The maximum Gasteiger partial charge on any atom is 0.208 e. The maximum absolute atomic E-state index is 4.45. The summed E-state index contributed by atoms with van der Waals surface area (Å²) < 4.78 is 0.915. The average molecular weight is 309 g/mol. The minimum atomic E-state index is 0.454. The van der Waals surface area contributed by atoms with Crippen LogP contribution in [0.4, 0.5) is 5.13 Å². The number of pyridine rings is 1. The summed E-state index contributed by atoms with van der Waals surface area (Å²) >= 11 is 3.15. The van der Waals surface area contributed by atoms with E-state index in [-0.39, 0.29) is 0 Å². The van der Waals surface area contributed by atoms with Crippen LogP contribution in [0.25, 0.3) is 0 Å². The second-order valence-corrected chi connectivity index (χ2v) is 7.04. The molecule has 1 N–H and O–H groups in total. The highest BCUT2D eigenvalue weighted by Gasteiger charge is 2.11. The molecule has 0 aliphatic carbocycles. The van der Waals surface area contributed by atoms with Crippen molar-refractivity contribution in [2.45, 2.75) is 35.8 Å². The molecule has 5 nitrogen and oxygen atoms in total. The van der Waals surface area contributed by atoms with Gasteiger partial charge in [-0.15, -0.1) is 10.2 Å². The maximum atomic E-state index is 4.45. The Labute approximate surface area is 127 Å². The van der Waals surface area contributed by atoms with Crippen LogP contribution in [0.5, 0.6) is 0 Å². The van der Waals surface area contributed by atoms with Crippen LogP contribution in [0.3, 0.4) is 0 Å². The van der Waals surface area contributed by atoms with Gasteiger partial charge in [-0.1, -0.05) is 31.3 Å². The van der Waals surface area contributed by atoms with Gasteiger partial charge in [0.25, 0.3) is 0 Å². The molecule has 0 saturated carbocycles. The predicted molar refractivity (Wildman–Crippen MR) is 84.6 cm³/mol. The average Bonchev–Trinajstić information content (AvgIpc) is 2.86. The highest BCUT2D eigenvalue weighted by atomic mass is 32.2. The quantitative estimate of drug-likeness (QED) is 0.885.